The maximum Gasteiger partial charge on any atom is 0.223 e. The van der Waals surface area contributed by atoms with Crippen LogP contribution in [0.4, 0.5) is 0 Å². The van der Waals surface area contributed by atoms with Crippen LogP contribution >= 0.6 is 12.4 Å². The fraction of sp³-hybridized carbons (Fsp3) is 0.611. The van der Waals surface area contributed by atoms with Crippen LogP contribution in [0.25, 0.3) is 0 Å². The van der Waals surface area contributed by atoms with Gasteiger partial charge in [-0.2, -0.15) is 0 Å². The van der Waals surface area contributed by atoms with E-state index in [2.05, 4.69) is 56.5 Å². The van der Waals surface area contributed by atoms with Gasteiger partial charge in [-0.25, -0.2) is 0 Å². The third-order valence-corrected chi connectivity index (χ3v) is 4.21. The minimum atomic E-state index is 0. The summed E-state index contributed by atoms with van der Waals surface area (Å²) in [4.78, 5) is 12.3. The van der Waals surface area contributed by atoms with Crippen molar-refractivity contribution < 1.29 is 4.79 Å². The second-order valence-corrected chi connectivity index (χ2v) is 6.69. The van der Waals surface area contributed by atoms with Gasteiger partial charge in [0.2, 0.25) is 5.91 Å². The van der Waals surface area contributed by atoms with E-state index in [0.29, 0.717) is 6.04 Å². The van der Waals surface area contributed by atoms with E-state index in [1.807, 2.05) is 0 Å². The van der Waals surface area contributed by atoms with Crippen LogP contribution in [0.15, 0.2) is 18.2 Å². The number of hydrogen-bond acceptors (Lipinski definition) is 2. The molecule has 1 saturated heterocycles. The highest BCUT2D eigenvalue weighted by Gasteiger charge is 2.25. The minimum Gasteiger partial charge on any atom is -0.353 e. The monoisotopic (exact) mass is 324 g/mol. The first kappa shape index (κ1) is 19.0. The Morgan fingerprint density at radius 2 is 1.95 bits per heavy atom. The van der Waals surface area contributed by atoms with Gasteiger partial charge in [0.25, 0.3) is 0 Å². The van der Waals surface area contributed by atoms with Gasteiger partial charge in [-0.15, -0.1) is 12.4 Å². The summed E-state index contributed by atoms with van der Waals surface area (Å²) in [6, 6.07) is 7.24. The SMILES string of the molecule is Cc1cc(C)cc(CC(C)NC(=O)[C@H]2CCN[C@@H](C)C2)c1.Cl. The number of aryl methyl sites for hydroxylation is 2. The zero-order chi connectivity index (χ0) is 15.4. The van der Waals surface area contributed by atoms with Crippen molar-refractivity contribution in [2.75, 3.05) is 6.54 Å². The Hall–Kier alpha value is -1.06. The summed E-state index contributed by atoms with van der Waals surface area (Å²) in [5.41, 5.74) is 3.88. The summed E-state index contributed by atoms with van der Waals surface area (Å²) in [5, 5.41) is 6.58. The number of halogens is 1. The number of nitrogens with one attached hydrogen (secondary N) is 2. The Morgan fingerprint density at radius 1 is 1.32 bits per heavy atom. The van der Waals surface area contributed by atoms with E-state index in [-0.39, 0.29) is 30.3 Å². The number of amides is 1. The average molecular weight is 325 g/mol. The van der Waals surface area contributed by atoms with E-state index in [1.165, 1.54) is 16.7 Å². The van der Waals surface area contributed by atoms with Crippen molar-refractivity contribution in [1.29, 1.82) is 0 Å². The van der Waals surface area contributed by atoms with Gasteiger partial charge in [0.15, 0.2) is 0 Å². The predicted octanol–water partition coefficient (Wildman–Crippen LogP) is 3.16. The maximum absolute atomic E-state index is 12.3. The van der Waals surface area contributed by atoms with Crippen molar-refractivity contribution >= 4 is 18.3 Å². The van der Waals surface area contributed by atoms with Gasteiger partial charge in [-0.05, 0) is 59.1 Å². The minimum absolute atomic E-state index is 0. The number of rotatable bonds is 4. The zero-order valence-electron chi connectivity index (χ0n) is 14.1. The highest BCUT2D eigenvalue weighted by molar-refractivity contribution is 5.85. The largest absolute Gasteiger partial charge is 0.353 e. The topological polar surface area (TPSA) is 41.1 Å². The molecule has 0 radical (unpaired) electrons. The van der Waals surface area contributed by atoms with Crippen LogP contribution in [0.2, 0.25) is 0 Å². The van der Waals surface area contributed by atoms with Crippen LogP contribution in [0.5, 0.6) is 0 Å². The number of piperidine rings is 1. The van der Waals surface area contributed by atoms with Gasteiger partial charge in [-0.1, -0.05) is 29.3 Å². The lowest BCUT2D eigenvalue weighted by molar-refractivity contribution is -0.126. The fourth-order valence-corrected chi connectivity index (χ4v) is 3.32. The summed E-state index contributed by atoms with van der Waals surface area (Å²) in [5.74, 6) is 0.392. The zero-order valence-corrected chi connectivity index (χ0v) is 14.9. The summed E-state index contributed by atoms with van der Waals surface area (Å²) in [6.07, 6.45) is 2.79. The van der Waals surface area contributed by atoms with Crippen molar-refractivity contribution in [3.05, 3.63) is 34.9 Å². The Morgan fingerprint density at radius 3 is 2.55 bits per heavy atom. The average Bonchev–Trinajstić information content (AvgIpc) is 2.37. The first-order valence-corrected chi connectivity index (χ1v) is 8.05. The summed E-state index contributed by atoms with van der Waals surface area (Å²) >= 11 is 0. The highest BCUT2D eigenvalue weighted by atomic mass is 35.5. The van der Waals surface area contributed by atoms with Gasteiger partial charge >= 0.3 is 0 Å². The quantitative estimate of drug-likeness (QED) is 0.893. The summed E-state index contributed by atoms with van der Waals surface area (Å²) < 4.78 is 0. The van der Waals surface area contributed by atoms with Crippen LogP contribution in [0.1, 0.15) is 43.4 Å². The molecule has 1 heterocycles. The van der Waals surface area contributed by atoms with Crippen LogP contribution in [-0.4, -0.2) is 24.5 Å². The molecule has 1 aromatic rings. The lowest BCUT2D eigenvalue weighted by atomic mass is 9.92. The molecule has 4 heteroatoms. The molecule has 0 spiro atoms. The van der Waals surface area contributed by atoms with Crippen molar-refractivity contribution in [3.63, 3.8) is 0 Å². The van der Waals surface area contributed by atoms with Crippen molar-refractivity contribution in [1.82, 2.24) is 10.6 Å². The molecule has 3 nitrogen and oxygen atoms in total. The fourth-order valence-electron chi connectivity index (χ4n) is 3.32. The van der Waals surface area contributed by atoms with Gasteiger partial charge < -0.3 is 10.6 Å². The number of hydrogen-bond donors (Lipinski definition) is 2. The Bertz CT molecular complexity index is 484. The van der Waals surface area contributed by atoms with E-state index < -0.39 is 0 Å². The first-order valence-electron chi connectivity index (χ1n) is 8.05. The smallest absolute Gasteiger partial charge is 0.223 e. The molecule has 1 fully saturated rings. The number of carbonyl (C=O) groups is 1. The molecule has 2 N–H and O–H groups in total. The standard InChI is InChI=1S/C18H28N2O.ClH/c1-12-7-13(2)9-16(8-12)10-15(4)20-18(21)17-5-6-19-14(3)11-17;/h7-9,14-15,17,19H,5-6,10-11H2,1-4H3,(H,20,21);1H/t14-,15?,17-;/m0./s1. The lowest BCUT2D eigenvalue weighted by Crippen LogP contribution is -2.45. The molecule has 0 saturated carbocycles. The normalized spacial score (nSPS) is 22.5. The Kier molecular flexibility index (Phi) is 7.37. The second kappa shape index (κ2) is 8.54. The molecule has 124 valence electrons. The van der Waals surface area contributed by atoms with E-state index in [1.54, 1.807) is 0 Å². The molecule has 1 aliphatic heterocycles. The molecule has 1 amide bonds. The summed E-state index contributed by atoms with van der Waals surface area (Å²) in [6.45, 7) is 9.44. The van der Waals surface area contributed by atoms with Gasteiger partial charge in [0, 0.05) is 18.0 Å². The molecule has 1 unspecified atom stereocenters. The molecule has 0 aromatic heterocycles. The van der Waals surface area contributed by atoms with Crippen LogP contribution < -0.4 is 10.6 Å². The van der Waals surface area contributed by atoms with Gasteiger partial charge in [-0.3, -0.25) is 4.79 Å². The Balaban J connectivity index is 0.00000242. The number of benzene rings is 1. The third kappa shape index (κ3) is 5.62. The molecule has 2 rings (SSSR count). The van der Waals surface area contributed by atoms with Crippen LogP contribution in [-0.2, 0) is 11.2 Å². The molecule has 1 aromatic carbocycles. The highest BCUT2D eigenvalue weighted by Crippen LogP contribution is 2.17. The first-order chi connectivity index (χ1) is 9.94. The predicted molar refractivity (Wildman–Crippen MR) is 94.7 cm³/mol. The molecule has 1 aliphatic rings. The lowest BCUT2D eigenvalue weighted by Gasteiger charge is -2.28. The van der Waals surface area contributed by atoms with Crippen molar-refractivity contribution in [3.8, 4) is 0 Å². The van der Waals surface area contributed by atoms with E-state index >= 15 is 0 Å². The summed E-state index contributed by atoms with van der Waals surface area (Å²) in [7, 11) is 0. The van der Waals surface area contributed by atoms with Crippen LogP contribution in [0.3, 0.4) is 0 Å². The maximum atomic E-state index is 12.3. The molecular weight excluding hydrogens is 296 g/mol. The molecule has 0 bridgehead atoms. The van der Waals surface area contributed by atoms with Crippen molar-refractivity contribution in [2.45, 2.75) is 59.0 Å². The third-order valence-electron chi connectivity index (χ3n) is 4.21. The van der Waals surface area contributed by atoms with Gasteiger partial charge in [0.1, 0.15) is 0 Å². The van der Waals surface area contributed by atoms with Crippen LogP contribution in [0, 0.1) is 19.8 Å². The molecular formula is C18H29ClN2O. The molecule has 3 atom stereocenters. The van der Waals surface area contributed by atoms with E-state index in [0.717, 1.165) is 25.8 Å². The molecule has 22 heavy (non-hydrogen) atoms. The number of carbonyl (C=O) groups excluding carboxylic acids is 1. The Labute approximate surface area is 140 Å². The van der Waals surface area contributed by atoms with Gasteiger partial charge in [0.05, 0.1) is 0 Å². The molecule has 0 aliphatic carbocycles. The second-order valence-electron chi connectivity index (χ2n) is 6.69. The van der Waals surface area contributed by atoms with E-state index in [9.17, 15) is 4.79 Å². The van der Waals surface area contributed by atoms with Crippen molar-refractivity contribution in [2.24, 2.45) is 5.92 Å². The van der Waals surface area contributed by atoms with E-state index in [4.69, 9.17) is 0 Å².